The fourth-order valence-corrected chi connectivity index (χ4v) is 3.77. The van der Waals surface area contributed by atoms with E-state index in [1.165, 1.54) is 34.4 Å². The Kier molecular flexibility index (Phi) is 5.43. The highest BCUT2D eigenvalue weighted by Gasteiger charge is 2.28. The van der Waals surface area contributed by atoms with E-state index in [9.17, 15) is 9.18 Å². The normalized spacial score (nSPS) is 12.6. The van der Waals surface area contributed by atoms with E-state index in [1.807, 2.05) is 31.2 Å². The Morgan fingerprint density at radius 1 is 1.03 bits per heavy atom. The maximum Gasteiger partial charge on any atom is 0.407 e. The molecule has 4 heteroatoms. The SMILES string of the molecule is Cc1ccc(F)cc1C=CCNC(=O)OCC1c2ccccc2-c2ccccc21. The molecule has 0 atom stereocenters. The number of fused-ring (bicyclic) bond motifs is 3. The molecule has 146 valence electrons. The van der Waals surface area contributed by atoms with E-state index in [2.05, 4.69) is 29.6 Å². The monoisotopic (exact) mass is 387 g/mol. The lowest BCUT2D eigenvalue weighted by atomic mass is 9.98. The number of halogens is 1. The number of benzene rings is 3. The van der Waals surface area contributed by atoms with Crippen molar-refractivity contribution in [1.82, 2.24) is 5.32 Å². The zero-order valence-corrected chi connectivity index (χ0v) is 16.2. The van der Waals surface area contributed by atoms with Crippen molar-refractivity contribution in [2.75, 3.05) is 13.2 Å². The fourth-order valence-electron chi connectivity index (χ4n) is 3.77. The second kappa shape index (κ2) is 8.31. The molecule has 0 bridgehead atoms. The summed E-state index contributed by atoms with van der Waals surface area (Å²) in [5.74, 6) is -0.238. The lowest BCUT2D eigenvalue weighted by Gasteiger charge is -2.14. The predicted octanol–water partition coefficient (Wildman–Crippen LogP) is 5.69. The molecule has 3 aromatic carbocycles. The van der Waals surface area contributed by atoms with Crippen molar-refractivity contribution in [2.45, 2.75) is 12.8 Å². The number of ether oxygens (including phenoxy) is 1. The van der Waals surface area contributed by atoms with Crippen LogP contribution in [0.25, 0.3) is 17.2 Å². The van der Waals surface area contributed by atoms with Crippen molar-refractivity contribution in [3.8, 4) is 11.1 Å². The van der Waals surface area contributed by atoms with Gasteiger partial charge in [0.05, 0.1) is 0 Å². The van der Waals surface area contributed by atoms with E-state index >= 15 is 0 Å². The molecule has 3 nitrogen and oxygen atoms in total. The summed E-state index contributed by atoms with van der Waals surface area (Å²) < 4.78 is 18.8. The third kappa shape index (κ3) is 4.06. The molecule has 3 aromatic rings. The molecule has 4 rings (SSSR count). The summed E-state index contributed by atoms with van der Waals surface area (Å²) in [6, 6.07) is 21.1. The van der Waals surface area contributed by atoms with Gasteiger partial charge in [0.25, 0.3) is 0 Å². The van der Waals surface area contributed by atoms with E-state index in [4.69, 9.17) is 4.74 Å². The van der Waals surface area contributed by atoms with Gasteiger partial charge >= 0.3 is 6.09 Å². The van der Waals surface area contributed by atoms with Gasteiger partial charge in [-0.2, -0.15) is 0 Å². The largest absolute Gasteiger partial charge is 0.449 e. The minimum Gasteiger partial charge on any atom is -0.449 e. The molecule has 1 N–H and O–H groups in total. The van der Waals surface area contributed by atoms with Gasteiger partial charge in [-0.05, 0) is 52.4 Å². The van der Waals surface area contributed by atoms with Crippen LogP contribution in [0.3, 0.4) is 0 Å². The minimum atomic E-state index is -0.465. The van der Waals surface area contributed by atoms with Crippen LogP contribution in [0.2, 0.25) is 0 Å². The van der Waals surface area contributed by atoms with E-state index in [0.717, 1.165) is 11.1 Å². The number of carbonyl (C=O) groups is 1. The number of nitrogens with one attached hydrogen (secondary N) is 1. The highest BCUT2D eigenvalue weighted by molar-refractivity contribution is 5.79. The van der Waals surface area contributed by atoms with Crippen LogP contribution in [0.4, 0.5) is 9.18 Å². The molecular formula is C25H22FNO2. The first-order valence-corrected chi connectivity index (χ1v) is 9.65. The number of aryl methyl sites for hydroxylation is 1. The minimum absolute atomic E-state index is 0.0404. The molecule has 0 radical (unpaired) electrons. The number of hydrogen-bond acceptors (Lipinski definition) is 2. The fraction of sp³-hybridized carbons (Fsp3) is 0.160. The van der Waals surface area contributed by atoms with Crippen LogP contribution in [-0.2, 0) is 4.74 Å². The number of rotatable bonds is 5. The summed E-state index contributed by atoms with van der Waals surface area (Å²) in [5, 5.41) is 2.72. The van der Waals surface area contributed by atoms with Crippen molar-refractivity contribution in [3.05, 3.63) is 101 Å². The molecule has 0 heterocycles. The van der Waals surface area contributed by atoms with Crippen LogP contribution in [0.15, 0.2) is 72.8 Å². The predicted molar refractivity (Wildman–Crippen MR) is 113 cm³/mol. The number of alkyl carbamates (subject to hydrolysis) is 1. The second-order valence-electron chi connectivity index (χ2n) is 7.11. The van der Waals surface area contributed by atoms with Crippen molar-refractivity contribution in [1.29, 1.82) is 0 Å². The Morgan fingerprint density at radius 3 is 2.38 bits per heavy atom. The highest BCUT2D eigenvalue weighted by atomic mass is 19.1. The van der Waals surface area contributed by atoms with Crippen molar-refractivity contribution >= 4 is 12.2 Å². The third-order valence-electron chi connectivity index (χ3n) is 5.25. The Bertz CT molecular complexity index is 1030. The summed E-state index contributed by atoms with van der Waals surface area (Å²) in [7, 11) is 0. The maximum atomic E-state index is 13.3. The Hall–Kier alpha value is -3.40. The quantitative estimate of drug-likeness (QED) is 0.611. The number of amides is 1. The van der Waals surface area contributed by atoms with E-state index < -0.39 is 6.09 Å². The zero-order chi connectivity index (χ0) is 20.2. The van der Waals surface area contributed by atoms with Gasteiger partial charge in [0.15, 0.2) is 0 Å². The summed E-state index contributed by atoms with van der Waals surface area (Å²) in [6.07, 6.45) is 3.11. The van der Waals surface area contributed by atoms with Crippen LogP contribution >= 0.6 is 0 Å². The van der Waals surface area contributed by atoms with E-state index in [0.29, 0.717) is 6.54 Å². The summed E-state index contributed by atoms with van der Waals surface area (Å²) >= 11 is 0. The first kappa shape index (κ1) is 18.9. The van der Waals surface area contributed by atoms with Gasteiger partial charge < -0.3 is 10.1 Å². The lowest BCUT2D eigenvalue weighted by Crippen LogP contribution is -2.26. The van der Waals surface area contributed by atoms with Crippen LogP contribution in [0, 0.1) is 12.7 Å². The highest BCUT2D eigenvalue weighted by Crippen LogP contribution is 2.44. The lowest BCUT2D eigenvalue weighted by molar-refractivity contribution is 0.144. The number of carbonyl (C=O) groups excluding carboxylic acids is 1. The van der Waals surface area contributed by atoms with E-state index in [1.54, 1.807) is 18.2 Å². The molecule has 0 aromatic heterocycles. The van der Waals surface area contributed by atoms with Crippen molar-refractivity contribution < 1.29 is 13.9 Å². The molecule has 0 spiro atoms. The molecule has 0 fully saturated rings. The molecule has 1 amide bonds. The molecule has 29 heavy (non-hydrogen) atoms. The third-order valence-corrected chi connectivity index (χ3v) is 5.25. The molecule has 0 saturated heterocycles. The van der Waals surface area contributed by atoms with Crippen molar-refractivity contribution in [3.63, 3.8) is 0 Å². The van der Waals surface area contributed by atoms with Crippen LogP contribution in [0.1, 0.15) is 28.2 Å². The summed E-state index contributed by atoms with van der Waals surface area (Å²) in [6.45, 7) is 2.51. The second-order valence-corrected chi connectivity index (χ2v) is 7.11. The molecule has 0 saturated carbocycles. The standard InChI is InChI=1S/C25H22FNO2/c1-17-12-13-19(26)15-18(17)7-6-14-27-25(28)29-16-24-22-10-4-2-8-20(22)21-9-3-5-11-23(21)24/h2-13,15,24H,14,16H2,1H3,(H,27,28). The summed E-state index contributed by atoms with van der Waals surface area (Å²) in [5.41, 5.74) is 6.53. The summed E-state index contributed by atoms with van der Waals surface area (Å²) in [4.78, 5) is 12.1. The Labute approximate surface area is 169 Å². The molecular weight excluding hydrogens is 365 g/mol. The molecule has 0 aliphatic heterocycles. The van der Waals surface area contributed by atoms with Gasteiger partial charge in [-0.25, -0.2) is 9.18 Å². The Balaban J connectivity index is 1.34. The van der Waals surface area contributed by atoms with Crippen LogP contribution in [0.5, 0.6) is 0 Å². The van der Waals surface area contributed by atoms with Gasteiger partial charge in [-0.1, -0.05) is 66.7 Å². The Morgan fingerprint density at radius 2 is 1.69 bits per heavy atom. The first-order chi connectivity index (χ1) is 14.1. The maximum absolute atomic E-state index is 13.3. The van der Waals surface area contributed by atoms with Crippen LogP contribution in [-0.4, -0.2) is 19.2 Å². The molecule has 1 aliphatic rings. The van der Waals surface area contributed by atoms with Gasteiger partial charge in [0.2, 0.25) is 0 Å². The van der Waals surface area contributed by atoms with Gasteiger partial charge in [0.1, 0.15) is 12.4 Å². The smallest absolute Gasteiger partial charge is 0.407 e. The van der Waals surface area contributed by atoms with Crippen molar-refractivity contribution in [2.24, 2.45) is 0 Å². The molecule has 0 unspecified atom stereocenters. The van der Waals surface area contributed by atoms with Gasteiger partial charge in [0, 0.05) is 12.5 Å². The first-order valence-electron chi connectivity index (χ1n) is 9.65. The topological polar surface area (TPSA) is 38.3 Å². The number of hydrogen-bond donors (Lipinski definition) is 1. The van der Waals surface area contributed by atoms with E-state index in [-0.39, 0.29) is 18.3 Å². The van der Waals surface area contributed by atoms with Gasteiger partial charge in [-0.3, -0.25) is 0 Å². The van der Waals surface area contributed by atoms with Gasteiger partial charge in [-0.15, -0.1) is 0 Å². The molecule has 1 aliphatic carbocycles. The zero-order valence-electron chi connectivity index (χ0n) is 16.2. The van der Waals surface area contributed by atoms with Crippen LogP contribution < -0.4 is 5.32 Å². The average molecular weight is 387 g/mol. The average Bonchev–Trinajstić information content (AvgIpc) is 3.06.